The molecule has 32 heavy (non-hydrogen) atoms. The summed E-state index contributed by atoms with van der Waals surface area (Å²) in [6.45, 7) is 2.05. The first-order chi connectivity index (χ1) is 15.6. The van der Waals surface area contributed by atoms with Crippen LogP contribution < -0.4 is 13.5 Å². The molecule has 0 heterocycles. The fourth-order valence-corrected chi connectivity index (χ4v) is 7.25. The molecule has 0 spiro atoms. The van der Waals surface area contributed by atoms with E-state index in [2.05, 4.69) is 43.3 Å². The zero-order chi connectivity index (χ0) is 22.2. The average molecular weight is 505 g/mol. The van der Waals surface area contributed by atoms with Gasteiger partial charge >= 0.3 is 196 Å². The molecule has 0 aliphatic rings. The van der Waals surface area contributed by atoms with Crippen LogP contribution in [0.2, 0.25) is 0 Å². The Balaban J connectivity index is 1.77. The van der Waals surface area contributed by atoms with Gasteiger partial charge in [-0.1, -0.05) is 0 Å². The van der Waals surface area contributed by atoms with Gasteiger partial charge in [0.2, 0.25) is 0 Å². The summed E-state index contributed by atoms with van der Waals surface area (Å²) in [7, 11) is -3.68. The zero-order valence-corrected chi connectivity index (χ0v) is 20.2. The van der Waals surface area contributed by atoms with E-state index in [9.17, 15) is 4.57 Å². The van der Waals surface area contributed by atoms with Crippen molar-refractivity contribution in [2.45, 2.75) is 6.92 Å². The Bertz CT molecular complexity index is 1160. The van der Waals surface area contributed by atoms with E-state index >= 15 is 0 Å². The average Bonchev–Trinajstić information content (AvgIpc) is 2.81. The monoisotopic (exact) mass is 506 g/mol. The van der Waals surface area contributed by atoms with Crippen LogP contribution in [-0.2, 0) is 4.57 Å². The summed E-state index contributed by atoms with van der Waals surface area (Å²) in [6, 6.07) is 36.7. The van der Waals surface area contributed by atoms with Crippen molar-refractivity contribution in [2.24, 2.45) is 0 Å². The van der Waals surface area contributed by atoms with E-state index in [0.29, 0.717) is 11.5 Å². The SMILES string of the molecule is Cc1ccc(/C(=C/P(=O)(Oc2ccccc2)Oc2ccccc2)[Se]c2ccccc2)cc1. The minimum atomic E-state index is -3.68. The Morgan fingerprint density at radius 3 is 1.66 bits per heavy atom. The van der Waals surface area contributed by atoms with E-state index in [0.717, 1.165) is 10.0 Å². The van der Waals surface area contributed by atoms with Gasteiger partial charge in [-0.25, -0.2) is 0 Å². The standard InChI is InChI=1S/C27H23O3PSe/c1-22-17-19-23(20-18-22)27(32-26-15-9-4-10-16-26)21-31(28,29-24-11-5-2-6-12-24)30-25-13-7-3-8-14-25/h2-21H,1H3/b27-21-. The van der Waals surface area contributed by atoms with Gasteiger partial charge in [0.25, 0.3) is 0 Å². The molecule has 0 saturated carbocycles. The summed E-state index contributed by atoms with van der Waals surface area (Å²) in [5.74, 6) is 2.68. The van der Waals surface area contributed by atoms with Gasteiger partial charge in [-0.3, -0.25) is 0 Å². The van der Waals surface area contributed by atoms with Crippen molar-refractivity contribution in [1.29, 1.82) is 0 Å². The number of benzene rings is 4. The fraction of sp³-hybridized carbons (Fsp3) is 0.0370. The van der Waals surface area contributed by atoms with Gasteiger partial charge in [-0.2, -0.15) is 0 Å². The molecular formula is C27H23O3PSe. The zero-order valence-electron chi connectivity index (χ0n) is 17.6. The van der Waals surface area contributed by atoms with Crippen LogP contribution in [0.4, 0.5) is 0 Å². The molecule has 4 aromatic rings. The number of rotatable bonds is 8. The van der Waals surface area contributed by atoms with Gasteiger partial charge in [0.15, 0.2) is 0 Å². The van der Waals surface area contributed by atoms with Crippen LogP contribution in [0.5, 0.6) is 11.5 Å². The topological polar surface area (TPSA) is 35.5 Å². The molecule has 5 heteroatoms. The van der Waals surface area contributed by atoms with Crippen LogP contribution in [0.1, 0.15) is 11.1 Å². The Labute approximate surface area is 195 Å². The third-order valence-corrected chi connectivity index (χ3v) is 8.70. The van der Waals surface area contributed by atoms with Gasteiger partial charge in [0, 0.05) is 0 Å². The van der Waals surface area contributed by atoms with E-state index in [4.69, 9.17) is 9.05 Å². The molecule has 0 radical (unpaired) electrons. The van der Waals surface area contributed by atoms with Gasteiger partial charge in [-0.05, 0) is 0 Å². The normalized spacial score (nSPS) is 11.7. The van der Waals surface area contributed by atoms with Crippen LogP contribution >= 0.6 is 7.60 Å². The molecule has 0 amide bonds. The molecule has 3 nitrogen and oxygen atoms in total. The third-order valence-electron chi connectivity index (χ3n) is 4.53. The predicted octanol–water partition coefficient (Wildman–Crippen LogP) is 6.67. The van der Waals surface area contributed by atoms with Crippen molar-refractivity contribution < 1.29 is 13.6 Å². The minimum absolute atomic E-state index is 0.0910. The Hall–Kier alpha value is -3.03. The maximum atomic E-state index is 14.1. The number of para-hydroxylation sites is 2. The molecular weight excluding hydrogens is 482 g/mol. The molecule has 0 aliphatic heterocycles. The molecule has 0 fully saturated rings. The molecule has 0 saturated heterocycles. The van der Waals surface area contributed by atoms with E-state index in [1.165, 1.54) is 10.0 Å². The van der Waals surface area contributed by atoms with Crippen LogP contribution in [0.15, 0.2) is 121 Å². The number of hydrogen-bond acceptors (Lipinski definition) is 3. The van der Waals surface area contributed by atoms with E-state index in [1.807, 2.05) is 54.6 Å². The summed E-state index contributed by atoms with van der Waals surface area (Å²) in [5.41, 5.74) is 2.18. The maximum absolute atomic E-state index is 14.1. The van der Waals surface area contributed by atoms with Gasteiger partial charge in [-0.15, -0.1) is 0 Å². The molecule has 0 aliphatic carbocycles. The molecule has 4 rings (SSSR count). The Morgan fingerprint density at radius 2 is 1.16 bits per heavy atom. The first-order valence-electron chi connectivity index (χ1n) is 10.2. The molecule has 0 N–H and O–H groups in total. The van der Waals surface area contributed by atoms with E-state index < -0.39 is 7.60 Å². The second-order valence-electron chi connectivity index (χ2n) is 7.12. The summed E-state index contributed by atoms with van der Waals surface area (Å²) in [5, 5.41) is 0. The Kier molecular flexibility index (Phi) is 7.29. The second-order valence-corrected chi connectivity index (χ2v) is 11.2. The van der Waals surface area contributed by atoms with Gasteiger partial charge < -0.3 is 0 Å². The van der Waals surface area contributed by atoms with Crippen molar-refractivity contribution >= 4 is 31.5 Å². The second kappa shape index (κ2) is 10.5. The third kappa shape index (κ3) is 6.24. The Morgan fingerprint density at radius 1 is 0.688 bits per heavy atom. The molecule has 0 unspecified atom stereocenters. The first-order valence-corrected chi connectivity index (χ1v) is 13.5. The van der Waals surface area contributed by atoms with Crippen molar-refractivity contribution in [3.05, 3.63) is 132 Å². The van der Waals surface area contributed by atoms with Crippen molar-refractivity contribution in [1.82, 2.24) is 0 Å². The summed E-state index contributed by atoms with van der Waals surface area (Å²) in [4.78, 5) is 0. The molecule has 0 aromatic heterocycles. The van der Waals surface area contributed by atoms with Crippen LogP contribution in [0, 0.1) is 6.92 Å². The van der Waals surface area contributed by atoms with Crippen molar-refractivity contribution in [2.75, 3.05) is 0 Å². The molecule has 0 atom stereocenters. The number of aryl methyl sites for hydroxylation is 1. The summed E-state index contributed by atoms with van der Waals surface area (Å²) in [6.07, 6.45) is 0. The molecule has 0 bridgehead atoms. The van der Waals surface area contributed by atoms with E-state index in [-0.39, 0.29) is 15.0 Å². The van der Waals surface area contributed by atoms with Crippen molar-refractivity contribution in [3.8, 4) is 11.5 Å². The van der Waals surface area contributed by atoms with Crippen LogP contribution in [0.25, 0.3) is 4.47 Å². The summed E-state index contributed by atoms with van der Waals surface area (Å²) < 4.78 is 28.2. The van der Waals surface area contributed by atoms with Gasteiger partial charge in [0.1, 0.15) is 0 Å². The van der Waals surface area contributed by atoms with E-state index in [1.54, 1.807) is 30.1 Å². The molecule has 160 valence electrons. The predicted molar refractivity (Wildman–Crippen MR) is 133 cm³/mol. The summed E-state index contributed by atoms with van der Waals surface area (Å²) >= 11 is -0.0910. The van der Waals surface area contributed by atoms with Crippen LogP contribution in [-0.4, -0.2) is 15.0 Å². The van der Waals surface area contributed by atoms with Crippen LogP contribution in [0.3, 0.4) is 0 Å². The quantitative estimate of drug-likeness (QED) is 0.198. The fourth-order valence-electron chi connectivity index (χ4n) is 2.96. The first kappa shape index (κ1) is 22.2. The van der Waals surface area contributed by atoms with Crippen molar-refractivity contribution in [3.63, 3.8) is 0 Å². The van der Waals surface area contributed by atoms with Gasteiger partial charge in [0.05, 0.1) is 0 Å². The molecule has 4 aromatic carbocycles. The number of hydrogen-bond donors (Lipinski definition) is 0.